The molecule has 2 aliphatic rings. The molecule has 0 bridgehead atoms. The molecule has 3 aromatic rings. The second kappa shape index (κ2) is 7.17. The molecule has 0 unspecified atom stereocenters. The van der Waals surface area contributed by atoms with E-state index in [1.807, 2.05) is 6.92 Å². The van der Waals surface area contributed by atoms with Gasteiger partial charge in [0.1, 0.15) is 5.82 Å². The molecule has 0 spiro atoms. The van der Waals surface area contributed by atoms with Crippen LogP contribution in [0.1, 0.15) is 50.2 Å². The number of aryl methyl sites for hydroxylation is 1. The molecule has 3 nitrogen and oxygen atoms in total. The van der Waals surface area contributed by atoms with Crippen molar-refractivity contribution >= 4 is 10.9 Å². The Morgan fingerprint density at radius 2 is 1.84 bits per heavy atom. The molecule has 0 amide bonds. The van der Waals surface area contributed by atoms with Crippen LogP contribution >= 0.6 is 0 Å². The molecule has 7 heteroatoms. The molecule has 0 saturated heterocycles. The first-order chi connectivity index (χ1) is 15.2. The van der Waals surface area contributed by atoms with E-state index in [9.17, 15) is 22.7 Å². The molecule has 0 radical (unpaired) electrons. The van der Waals surface area contributed by atoms with Crippen LogP contribution in [0.3, 0.4) is 0 Å². The lowest BCUT2D eigenvalue weighted by Crippen LogP contribution is -2.49. The summed E-state index contributed by atoms with van der Waals surface area (Å²) in [5.41, 5.74) is 1.18. The molecule has 0 saturated carbocycles. The highest BCUT2D eigenvalue weighted by Crippen LogP contribution is 2.53. The molecular weight excluding hydrogens is 420 g/mol. The fraction of sp³-hybridized carbons (Fsp3) is 0.400. The van der Waals surface area contributed by atoms with Gasteiger partial charge in [-0.05, 0) is 92.1 Å². The van der Waals surface area contributed by atoms with E-state index in [-0.39, 0.29) is 18.7 Å². The predicted octanol–water partition coefficient (Wildman–Crippen LogP) is 6.16. The first kappa shape index (κ1) is 21.2. The van der Waals surface area contributed by atoms with Crippen LogP contribution in [-0.4, -0.2) is 26.7 Å². The molecule has 1 aromatic heterocycles. The third-order valence-corrected chi connectivity index (χ3v) is 7.33. The third kappa shape index (κ3) is 3.09. The topological polar surface area (TPSA) is 38.1 Å². The smallest absolute Gasteiger partial charge is 0.377 e. The number of alkyl halides is 3. The lowest BCUT2D eigenvalue weighted by Gasteiger charge is -2.44. The maximum Gasteiger partial charge on any atom is 0.420 e. The second-order valence-electron chi connectivity index (χ2n) is 8.98. The van der Waals surface area contributed by atoms with Crippen molar-refractivity contribution in [1.29, 1.82) is 0 Å². The van der Waals surface area contributed by atoms with E-state index in [2.05, 4.69) is 17.2 Å². The number of aliphatic hydroxyl groups is 1. The average molecular weight is 444 g/mol. The molecular formula is C25H24F4N2O. The fourth-order valence-corrected chi connectivity index (χ4v) is 5.53. The Labute approximate surface area is 183 Å². The zero-order chi connectivity index (χ0) is 22.7. The Kier molecular flexibility index (Phi) is 4.75. The van der Waals surface area contributed by atoms with Crippen LogP contribution in [0, 0.1) is 5.82 Å². The van der Waals surface area contributed by atoms with E-state index < -0.39 is 17.2 Å². The van der Waals surface area contributed by atoms with Crippen molar-refractivity contribution < 1.29 is 22.7 Å². The van der Waals surface area contributed by atoms with Gasteiger partial charge in [-0.25, -0.2) is 9.07 Å². The first-order valence-corrected chi connectivity index (χ1v) is 11.0. The van der Waals surface area contributed by atoms with Gasteiger partial charge in [-0.15, -0.1) is 0 Å². The maximum absolute atomic E-state index is 13.6. The van der Waals surface area contributed by atoms with Gasteiger partial charge in [-0.2, -0.15) is 18.3 Å². The van der Waals surface area contributed by atoms with E-state index in [1.165, 1.54) is 12.1 Å². The number of hydrogen-bond acceptors (Lipinski definition) is 2. The number of allylic oxidation sites excluding steroid dienone is 1. The maximum atomic E-state index is 13.6. The van der Waals surface area contributed by atoms with Crippen molar-refractivity contribution in [2.45, 2.75) is 62.6 Å². The first-order valence-electron chi connectivity index (χ1n) is 11.0. The number of benzene rings is 2. The van der Waals surface area contributed by atoms with E-state index in [4.69, 9.17) is 0 Å². The summed E-state index contributed by atoms with van der Waals surface area (Å²) in [5, 5.41) is 15.8. The predicted molar refractivity (Wildman–Crippen MR) is 114 cm³/mol. The van der Waals surface area contributed by atoms with Gasteiger partial charge in [0.2, 0.25) is 0 Å². The van der Waals surface area contributed by atoms with Crippen LogP contribution in [0.15, 0.2) is 54.2 Å². The number of hydrogen-bond donors (Lipinski definition) is 1. The number of halogens is 4. The summed E-state index contributed by atoms with van der Waals surface area (Å²) in [6.45, 7) is 2.01. The molecule has 2 aliphatic carbocycles. The molecule has 0 aliphatic heterocycles. The zero-order valence-corrected chi connectivity index (χ0v) is 17.7. The van der Waals surface area contributed by atoms with Crippen molar-refractivity contribution in [3.8, 4) is 5.69 Å². The fourth-order valence-electron chi connectivity index (χ4n) is 5.53. The summed E-state index contributed by atoms with van der Waals surface area (Å²) in [6.07, 6.45) is 0.699. The Bertz CT molecular complexity index is 1210. The molecule has 2 atom stereocenters. The highest BCUT2D eigenvalue weighted by molar-refractivity contribution is 5.83. The van der Waals surface area contributed by atoms with E-state index in [0.29, 0.717) is 24.8 Å². The van der Waals surface area contributed by atoms with Gasteiger partial charge < -0.3 is 5.11 Å². The van der Waals surface area contributed by atoms with Crippen LogP contribution in [0.4, 0.5) is 17.6 Å². The SMILES string of the molecule is CC[C@]12CC[C@@](O)(C(F)(F)F)C=C1CCCc1cc3c(cnn3-c3ccc(F)cc3)cc12. The summed E-state index contributed by atoms with van der Waals surface area (Å²) in [5.74, 6) is -0.320. The van der Waals surface area contributed by atoms with Gasteiger partial charge in [0.25, 0.3) is 0 Å². The van der Waals surface area contributed by atoms with Gasteiger partial charge in [0, 0.05) is 10.8 Å². The summed E-state index contributed by atoms with van der Waals surface area (Å²) >= 11 is 0. The molecule has 1 N–H and O–H groups in total. The van der Waals surface area contributed by atoms with Gasteiger partial charge in [-0.3, -0.25) is 0 Å². The number of fused-ring (bicyclic) bond motifs is 4. The van der Waals surface area contributed by atoms with E-state index >= 15 is 0 Å². The van der Waals surface area contributed by atoms with Crippen LogP contribution in [0.5, 0.6) is 0 Å². The van der Waals surface area contributed by atoms with Crippen molar-refractivity contribution in [1.82, 2.24) is 9.78 Å². The quantitative estimate of drug-likeness (QED) is 0.380. The lowest BCUT2D eigenvalue weighted by molar-refractivity contribution is -0.245. The van der Waals surface area contributed by atoms with Crippen molar-refractivity contribution in [2.24, 2.45) is 0 Å². The summed E-state index contributed by atoms with van der Waals surface area (Å²) in [6, 6.07) is 10.2. The van der Waals surface area contributed by atoms with Crippen LogP contribution < -0.4 is 0 Å². The Morgan fingerprint density at radius 1 is 1.09 bits per heavy atom. The highest BCUT2D eigenvalue weighted by Gasteiger charge is 2.56. The second-order valence-corrected chi connectivity index (χ2v) is 8.98. The zero-order valence-electron chi connectivity index (χ0n) is 17.7. The van der Waals surface area contributed by atoms with Gasteiger partial charge in [0.15, 0.2) is 5.60 Å². The largest absolute Gasteiger partial charge is 0.420 e. The average Bonchev–Trinajstić information content (AvgIpc) is 3.09. The molecule has 0 fully saturated rings. The Hall–Kier alpha value is -2.67. The molecule has 32 heavy (non-hydrogen) atoms. The van der Waals surface area contributed by atoms with Crippen molar-refractivity contribution in [2.75, 3.05) is 0 Å². The molecule has 168 valence electrons. The van der Waals surface area contributed by atoms with Crippen LogP contribution in [0.25, 0.3) is 16.6 Å². The van der Waals surface area contributed by atoms with Crippen LogP contribution in [0.2, 0.25) is 0 Å². The van der Waals surface area contributed by atoms with Gasteiger partial charge in [0.05, 0.1) is 17.4 Å². The minimum Gasteiger partial charge on any atom is -0.377 e. The van der Waals surface area contributed by atoms with E-state index in [0.717, 1.165) is 40.2 Å². The minimum absolute atomic E-state index is 0.246. The summed E-state index contributed by atoms with van der Waals surface area (Å²) in [4.78, 5) is 0. The lowest BCUT2D eigenvalue weighted by atomic mass is 9.62. The van der Waals surface area contributed by atoms with Crippen LogP contribution in [-0.2, 0) is 11.8 Å². The minimum atomic E-state index is -4.69. The standard InChI is InChI=1S/C25H24F4N2O/c1-2-23-10-11-24(32,25(27,28)29)14-18(23)5-3-4-16-13-22-17(12-21(16)23)15-30-31(22)20-8-6-19(26)7-9-20/h6-9,12-15,32H,2-5,10-11H2,1H3/t23-,24-/m0/s1. The van der Waals surface area contributed by atoms with Gasteiger partial charge in [-0.1, -0.05) is 12.5 Å². The normalized spacial score (nSPS) is 25.8. The van der Waals surface area contributed by atoms with E-state index in [1.54, 1.807) is 23.0 Å². The van der Waals surface area contributed by atoms with Crippen molar-refractivity contribution in [3.63, 3.8) is 0 Å². The Morgan fingerprint density at radius 3 is 2.53 bits per heavy atom. The number of rotatable bonds is 2. The number of nitrogens with zero attached hydrogens (tertiary/aromatic N) is 2. The monoisotopic (exact) mass is 444 g/mol. The summed E-state index contributed by atoms with van der Waals surface area (Å²) < 4.78 is 55.9. The molecule has 1 heterocycles. The molecule has 5 rings (SSSR count). The third-order valence-electron chi connectivity index (χ3n) is 7.33. The highest BCUT2D eigenvalue weighted by atomic mass is 19.4. The van der Waals surface area contributed by atoms with Gasteiger partial charge >= 0.3 is 6.18 Å². The molecule has 2 aromatic carbocycles. The number of aromatic nitrogens is 2. The summed E-state index contributed by atoms with van der Waals surface area (Å²) in [7, 11) is 0. The Balaban J connectivity index is 1.67. The van der Waals surface area contributed by atoms with Crippen molar-refractivity contribution in [3.05, 3.63) is 71.2 Å².